The Labute approximate surface area is 149 Å². The van der Waals surface area contributed by atoms with Crippen LogP contribution in [0.1, 0.15) is 4.88 Å². The average Bonchev–Trinajstić information content (AvgIpc) is 3.22. The lowest BCUT2D eigenvalue weighted by Crippen LogP contribution is -1.97. The minimum atomic E-state index is -3.19. The summed E-state index contributed by atoms with van der Waals surface area (Å²) in [6.45, 7) is 0.741. The SMILES string of the molecule is CS(=O)(=O)c1ccc(-c2cc3nn(Cc4cccs4)cc3cn2)cc1. The van der Waals surface area contributed by atoms with Crippen molar-refractivity contribution in [1.82, 2.24) is 14.8 Å². The van der Waals surface area contributed by atoms with Gasteiger partial charge in [-0.05, 0) is 29.6 Å². The quantitative estimate of drug-likeness (QED) is 0.551. The second kappa shape index (κ2) is 6.09. The van der Waals surface area contributed by atoms with Gasteiger partial charge in [-0.15, -0.1) is 11.3 Å². The van der Waals surface area contributed by atoms with Crippen molar-refractivity contribution in [2.45, 2.75) is 11.4 Å². The topological polar surface area (TPSA) is 64.8 Å². The molecule has 126 valence electrons. The molecule has 3 aromatic heterocycles. The van der Waals surface area contributed by atoms with Crippen LogP contribution in [-0.2, 0) is 16.4 Å². The van der Waals surface area contributed by atoms with E-state index in [0.29, 0.717) is 4.90 Å². The maximum Gasteiger partial charge on any atom is 0.175 e. The zero-order valence-corrected chi connectivity index (χ0v) is 15.1. The van der Waals surface area contributed by atoms with Gasteiger partial charge in [0.15, 0.2) is 9.84 Å². The third kappa shape index (κ3) is 3.33. The summed E-state index contributed by atoms with van der Waals surface area (Å²) in [5.74, 6) is 0. The van der Waals surface area contributed by atoms with Gasteiger partial charge in [-0.2, -0.15) is 5.10 Å². The van der Waals surface area contributed by atoms with Gasteiger partial charge in [0.1, 0.15) is 0 Å². The van der Waals surface area contributed by atoms with Crippen LogP contribution in [0.2, 0.25) is 0 Å². The first-order chi connectivity index (χ1) is 12.0. The molecule has 0 spiro atoms. The lowest BCUT2D eigenvalue weighted by atomic mass is 10.1. The Bertz CT molecular complexity index is 1130. The number of fused-ring (bicyclic) bond motifs is 1. The first kappa shape index (κ1) is 16.0. The highest BCUT2D eigenvalue weighted by molar-refractivity contribution is 7.90. The van der Waals surface area contributed by atoms with Gasteiger partial charge >= 0.3 is 0 Å². The van der Waals surface area contributed by atoms with E-state index in [0.717, 1.165) is 28.7 Å². The van der Waals surface area contributed by atoms with Crippen LogP contribution in [0, 0.1) is 0 Å². The van der Waals surface area contributed by atoms with Gasteiger partial charge in [-0.25, -0.2) is 8.42 Å². The Kier molecular flexibility index (Phi) is 3.89. The fourth-order valence-electron chi connectivity index (χ4n) is 2.64. The minimum absolute atomic E-state index is 0.303. The van der Waals surface area contributed by atoms with Crippen LogP contribution in [0.3, 0.4) is 0 Å². The first-order valence-electron chi connectivity index (χ1n) is 7.65. The molecule has 0 radical (unpaired) electrons. The van der Waals surface area contributed by atoms with Gasteiger partial charge in [0.05, 0.1) is 22.7 Å². The van der Waals surface area contributed by atoms with Crippen molar-refractivity contribution in [1.29, 1.82) is 0 Å². The molecular formula is C18H15N3O2S2. The van der Waals surface area contributed by atoms with Crippen LogP contribution in [0.15, 0.2) is 65.1 Å². The molecule has 1 aromatic carbocycles. The van der Waals surface area contributed by atoms with E-state index in [1.54, 1.807) is 41.8 Å². The van der Waals surface area contributed by atoms with E-state index in [1.807, 2.05) is 23.0 Å². The number of pyridine rings is 1. The molecule has 0 bridgehead atoms. The van der Waals surface area contributed by atoms with Crippen molar-refractivity contribution >= 4 is 32.1 Å². The second-order valence-corrected chi connectivity index (χ2v) is 8.88. The summed E-state index contributed by atoms with van der Waals surface area (Å²) in [5, 5.41) is 7.65. The zero-order valence-electron chi connectivity index (χ0n) is 13.5. The Morgan fingerprint density at radius 1 is 1.16 bits per heavy atom. The molecular weight excluding hydrogens is 354 g/mol. The molecule has 0 fully saturated rings. The van der Waals surface area contributed by atoms with E-state index in [1.165, 1.54) is 11.1 Å². The van der Waals surface area contributed by atoms with Gasteiger partial charge in [-0.1, -0.05) is 18.2 Å². The van der Waals surface area contributed by atoms with Crippen LogP contribution in [-0.4, -0.2) is 29.4 Å². The Hall–Kier alpha value is -2.51. The molecule has 3 heterocycles. The maximum absolute atomic E-state index is 11.6. The van der Waals surface area contributed by atoms with Gasteiger partial charge in [0, 0.05) is 34.5 Å². The second-order valence-electron chi connectivity index (χ2n) is 5.83. The first-order valence-corrected chi connectivity index (χ1v) is 10.4. The molecule has 0 atom stereocenters. The summed E-state index contributed by atoms with van der Waals surface area (Å²) in [5.41, 5.74) is 2.50. The molecule has 4 rings (SSSR count). The Balaban J connectivity index is 1.66. The number of nitrogens with zero attached hydrogens (tertiary/aromatic N) is 3. The van der Waals surface area contributed by atoms with E-state index < -0.39 is 9.84 Å². The van der Waals surface area contributed by atoms with Crippen LogP contribution >= 0.6 is 11.3 Å². The highest BCUT2D eigenvalue weighted by atomic mass is 32.2. The molecule has 4 aromatic rings. The molecule has 0 aliphatic heterocycles. The Morgan fingerprint density at radius 3 is 2.64 bits per heavy atom. The summed E-state index contributed by atoms with van der Waals surface area (Å²) < 4.78 is 25.0. The summed E-state index contributed by atoms with van der Waals surface area (Å²) in [6.07, 6.45) is 4.98. The van der Waals surface area contributed by atoms with E-state index >= 15 is 0 Å². The summed E-state index contributed by atoms with van der Waals surface area (Å²) in [7, 11) is -3.19. The van der Waals surface area contributed by atoms with E-state index in [-0.39, 0.29) is 0 Å². The molecule has 5 nitrogen and oxygen atoms in total. The monoisotopic (exact) mass is 369 g/mol. The van der Waals surface area contributed by atoms with Gasteiger partial charge in [0.2, 0.25) is 0 Å². The number of thiophene rings is 1. The largest absolute Gasteiger partial charge is 0.266 e. The van der Waals surface area contributed by atoms with Crippen LogP contribution in [0.5, 0.6) is 0 Å². The van der Waals surface area contributed by atoms with Crippen molar-refractivity contribution in [3.05, 3.63) is 65.1 Å². The fraction of sp³-hybridized carbons (Fsp3) is 0.111. The highest BCUT2D eigenvalue weighted by Gasteiger charge is 2.09. The molecule has 0 unspecified atom stereocenters. The number of hydrogen-bond acceptors (Lipinski definition) is 5. The summed E-state index contributed by atoms with van der Waals surface area (Å²) in [4.78, 5) is 6.03. The summed E-state index contributed by atoms with van der Waals surface area (Å²) >= 11 is 1.71. The third-order valence-electron chi connectivity index (χ3n) is 3.91. The molecule has 7 heteroatoms. The number of sulfone groups is 1. The van der Waals surface area contributed by atoms with Crippen molar-refractivity contribution in [2.24, 2.45) is 0 Å². The number of rotatable bonds is 4. The number of hydrogen-bond donors (Lipinski definition) is 0. The van der Waals surface area contributed by atoms with E-state index in [4.69, 9.17) is 0 Å². The van der Waals surface area contributed by atoms with E-state index in [2.05, 4.69) is 21.5 Å². The predicted octanol–water partition coefficient (Wildman–Crippen LogP) is 3.61. The number of benzene rings is 1. The molecule has 0 saturated heterocycles. The lowest BCUT2D eigenvalue weighted by molar-refractivity contribution is 0.602. The van der Waals surface area contributed by atoms with Crippen molar-refractivity contribution in [3.63, 3.8) is 0 Å². The van der Waals surface area contributed by atoms with Crippen LogP contribution in [0.4, 0.5) is 0 Å². The predicted molar refractivity (Wildman–Crippen MR) is 99.5 cm³/mol. The Morgan fingerprint density at radius 2 is 1.96 bits per heavy atom. The maximum atomic E-state index is 11.6. The summed E-state index contributed by atoms with van der Waals surface area (Å²) in [6, 6.07) is 12.8. The van der Waals surface area contributed by atoms with Crippen molar-refractivity contribution < 1.29 is 8.42 Å². The molecule has 0 aliphatic rings. The lowest BCUT2D eigenvalue weighted by Gasteiger charge is -2.02. The van der Waals surface area contributed by atoms with Crippen molar-refractivity contribution in [2.75, 3.05) is 6.26 Å². The molecule has 0 amide bonds. The molecule has 25 heavy (non-hydrogen) atoms. The van der Waals surface area contributed by atoms with Crippen LogP contribution in [0.25, 0.3) is 22.2 Å². The molecule has 0 N–H and O–H groups in total. The smallest absolute Gasteiger partial charge is 0.175 e. The average molecular weight is 369 g/mol. The number of aromatic nitrogens is 3. The van der Waals surface area contributed by atoms with E-state index in [9.17, 15) is 8.42 Å². The van der Waals surface area contributed by atoms with Crippen LogP contribution < -0.4 is 0 Å². The standard InChI is InChI=1S/C18H15N3O2S2/c1-25(22,23)16-6-4-13(5-7-16)17-9-18-14(10-19-17)11-21(20-18)12-15-3-2-8-24-15/h2-11H,12H2,1H3. The minimum Gasteiger partial charge on any atom is -0.266 e. The third-order valence-corrected chi connectivity index (χ3v) is 5.90. The van der Waals surface area contributed by atoms with Crippen molar-refractivity contribution in [3.8, 4) is 11.3 Å². The molecule has 0 saturated carbocycles. The highest BCUT2D eigenvalue weighted by Crippen LogP contribution is 2.23. The fourth-order valence-corrected chi connectivity index (χ4v) is 3.97. The zero-order chi connectivity index (χ0) is 17.4. The van der Waals surface area contributed by atoms with Gasteiger partial charge in [0.25, 0.3) is 0 Å². The normalized spacial score (nSPS) is 11.9. The van der Waals surface area contributed by atoms with Gasteiger partial charge in [-0.3, -0.25) is 9.67 Å². The molecule has 0 aliphatic carbocycles. The van der Waals surface area contributed by atoms with Gasteiger partial charge < -0.3 is 0 Å².